The normalized spacial score (nSPS) is 15.5. The summed E-state index contributed by atoms with van der Waals surface area (Å²) in [6.07, 6.45) is 4.53. The number of aryl methyl sites for hydroxylation is 1. The zero-order valence-corrected chi connectivity index (χ0v) is 12.3. The summed E-state index contributed by atoms with van der Waals surface area (Å²) < 4.78 is 16.8. The van der Waals surface area contributed by atoms with E-state index in [1.54, 1.807) is 6.26 Å². The lowest BCUT2D eigenvalue weighted by Crippen LogP contribution is -2.17. The maximum absolute atomic E-state index is 5.76. The summed E-state index contributed by atoms with van der Waals surface area (Å²) in [6, 6.07) is 10.4. The van der Waals surface area contributed by atoms with Gasteiger partial charge >= 0.3 is 0 Å². The number of furan rings is 1. The van der Waals surface area contributed by atoms with Gasteiger partial charge in [0.2, 0.25) is 0 Å². The van der Waals surface area contributed by atoms with Gasteiger partial charge in [-0.3, -0.25) is 0 Å². The van der Waals surface area contributed by atoms with Crippen LogP contribution in [0.15, 0.2) is 41.0 Å². The van der Waals surface area contributed by atoms with Crippen molar-refractivity contribution >= 4 is 0 Å². The van der Waals surface area contributed by atoms with Gasteiger partial charge in [0.25, 0.3) is 0 Å². The summed E-state index contributed by atoms with van der Waals surface area (Å²) in [5.74, 6) is 2.71. The van der Waals surface area contributed by atoms with Crippen LogP contribution >= 0.6 is 0 Å². The van der Waals surface area contributed by atoms with E-state index < -0.39 is 0 Å². The van der Waals surface area contributed by atoms with Crippen LogP contribution in [0.25, 0.3) is 0 Å². The third-order valence-electron chi connectivity index (χ3n) is 3.78. The van der Waals surface area contributed by atoms with Crippen LogP contribution in [0.3, 0.4) is 0 Å². The Balaban J connectivity index is 1.72. The van der Waals surface area contributed by atoms with Crippen LogP contribution in [-0.2, 0) is 6.42 Å². The van der Waals surface area contributed by atoms with Gasteiger partial charge in [0, 0.05) is 18.9 Å². The van der Waals surface area contributed by atoms with Gasteiger partial charge in [-0.05, 0) is 43.3 Å². The molecule has 0 bridgehead atoms. The van der Waals surface area contributed by atoms with E-state index >= 15 is 0 Å². The minimum absolute atomic E-state index is 0.271. The number of rotatable bonds is 5. The minimum atomic E-state index is 0.271. The number of hydrogen-bond donors (Lipinski definition) is 1. The number of benzene rings is 1. The number of ether oxygens (including phenoxy) is 2. The average Bonchev–Trinajstić information content (AvgIpc) is 2.92. The first kappa shape index (κ1) is 14.0. The first-order valence-electron chi connectivity index (χ1n) is 7.46. The molecule has 2 heterocycles. The van der Waals surface area contributed by atoms with Crippen LogP contribution in [0.4, 0.5) is 0 Å². The van der Waals surface area contributed by atoms with E-state index in [0.29, 0.717) is 6.61 Å². The third kappa shape index (κ3) is 3.39. The minimum Gasteiger partial charge on any atom is -0.490 e. The average molecular weight is 287 g/mol. The molecule has 3 rings (SSSR count). The highest BCUT2D eigenvalue weighted by atomic mass is 16.5. The second-order valence-electron chi connectivity index (χ2n) is 5.22. The molecule has 0 amide bonds. The highest BCUT2D eigenvalue weighted by Gasteiger charge is 2.15. The van der Waals surface area contributed by atoms with Crippen LogP contribution in [-0.4, -0.2) is 20.3 Å². The van der Waals surface area contributed by atoms with Crippen LogP contribution in [0.1, 0.15) is 30.2 Å². The molecule has 1 aromatic heterocycles. The van der Waals surface area contributed by atoms with Gasteiger partial charge in [-0.15, -0.1) is 0 Å². The van der Waals surface area contributed by atoms with Crippen molar-refractivity contribution in [2.75, 3.05) is 20.3 Å². The first-order chi connectivity index (χ1) is 10.4. The molecule has 0 fully saturated rings. The van der Waals surface area contributed by atoms with Crippen molar-refractivity contribution in [2.45, 2.75) is 25.3 Å². The lowest BCUT2D eigenvalue weighted by molar-refractivity contribution is 0.297. The van der Waals surface area contributed by atoms with Crippen molar-refractivity contribution < 1.29 is 13.9 Å². The van der Waals surface area contributed by atoms with Gasteiger partial charge in [0.1, 0.15) is 5.76 Å². The van der Waals surface area contributed by atoms with Gasteiger partial charge in [0.05, 0.1) is 19.5 Å². The smallest absolute Gasteiger partial charge is 0.161 e. The zero-order chi connectivity index (χ0) is 14.5. The van der Waals surface area contributed by atoms with Crippen molar-refractivity contribution in [2.24, 2.45) is 0 Å². The summed E-state index contributed by atoms with van der Waals surface area (Å²) in [6.45, 7) is 1.44. The molecular formula is C17H21NO3. The van der Waals surface area contributed by atoms with Gasteiger partial charge < -0.3 is 19.2 Å². The van der Waals surface area contributed by atoms with Crippen LogP contribution in [0.2, 0.25) is 0 Å². The highest BCUT2D eigenvalue weighted by Crippen LogP contribution is 2.33. The molecule has 0 radical (unpaired) electrons. The van der Waals surface area contributed by atoms with Crippen molar-refractivity contribution in [3.63, 3.8) is 0 Å². The molecule has 4 heteroatoms. The molecule has 0 saturated carbocycles. The molecule has 1 N–H and O–H groups in total. The van der Waals surface area contributed by atoms with Crippen molar-refractivity contribution in [1.29, 1.82) is 0 Å². The summed E-state index contributed by atoms with van der Waals surface area (Å²) in [7, 11) is 1.98. The van der Waals surface area contributed by atoms with Gasteiger partial charge in [0.15, 0.2) is 11.5 Å². The Morgan fingerprint density at radius 1 is 1.14 bits per heavy atom. The van der Waals surface area contributed by atoms with E-state index in [1.165, 1.54) is 5.56 Å². The molecule has 1 atom stereocenters. The Bertz CT molecular complexity index is 565. The molecule has 4 nitrogen and oxygen atoms in total. The molecular weight excluding hydrogens is 266 g/mol. The van der Waals surface area contributed by atoms with E-state index in [2.05, 4.69) is 17.4 Å². The molecule has 0 aliphatic carbocycles. The summed E-state index contributed by atoms with van der Waals surface area (Å²) >= 11 is 0. The molecule has 0 spiro atoms. The Kier molecular flexibility index (Phi) is 4.46. The zero-order valence-electron chi connectivity index (χ0n) is 12.3. The Hall–Kier alpha value is -1.94. The molecule has 1 aromatic carbocycles. The lowest BCUT2D eigenvalue weighted by Gasteiger charge is -2.18. The van der Waals surface area contributed by atoms with Crippen molar-refractivity contribution in [1.82, 2.24) is 5.32 Å². The van der Waals surface area contributed by atoms with Crippen LogP contribution < -0.4 is 14.8 Å². The maximum Gasteiger partial charge on any atom is 0.161 e. The molecule has 2 aromatic rings. The molecule has 1 aliphatic rings. The molecule has 21 heavy (non-hydrogen) atoms. The van der Waals surface area contributed by atoms with Gasteiger partial charge in [-0.2, -0.15) is 0 Å². The monoisotopic (exact) mass is 287 g/mol. The Morgan fingerprint density at radius 3 is 2.76 bits per heavy atom. The maximum atomic E-state index is 5.76. The first-order valence-corrected chi connectivity index (χ1v) is 7.46. The molecule has 1 unspecified atom stereocenters. The lowest BCUT2D eigenvalue weighted by atomic mass is 10.0. The van der Waals surface area contributed by atoms with E-state index in [0.717, 1.165) is 43.1 Å². The standard InChI is InChI=1S/C17H21NO3/c1-18-15(7-6-14-4-2-9-19-14)13-5-8-16-17(12-13)21-11-3-10-20-16/h2,4-5,8-9,12,15,18H,3,6-7,10-11H2,1H3. The quantitative estimate of drug-likeness (QED) is 0.916. The third-order valence-corrected chi connectivity index (χ3v) is 3.78. The largest absolute Gasteiger partial charge is 0.490 e. The van der Waals surface area contributed by atoms with Crippen molar-refractivity contribution in [3.8, 4) is 11.5 Å². The highest BCUT2D eigenvalue weighted by molar-refractivity contribution is 5.44. The SMILES string of the molecule is CNC(CCc1ccco1)c1ccc2c(c1)OCCCO2. The van der Waals surface area contributed by atoms with E-state index in [4.69, 9.17) is 13.9 Å². The fourth-order valence-electron chi connectivity index (χ4n) is 2.62. The predicted octanol–water partition coefficient (Wildman–Crippen LogP) is 3.33. The molecule has 0 saturated heterocycles. The summed E-state index contributed by atoms with van der Waals surface area (Å²) in [5, 5.41) is 3.37. The number of fused-ring (bicyclic) bond motifs is 1. The van der Waals surface area contributed by atoms with Gasteiger partial charge in [-0.25, -0.2) is 0 Å². The topological polar surface area (TPSA) is 43.6 Å². The van der Waals surface area contributed by atoms with Crippen molar-refractivity contribution in [3.05, 3.63) is 47.9 Å². The molecule has 112 valence electrons. The fourth-order valence-corrected chi connectivity index (χ4v) is 2.62. The van der Waals surface area contributed by atoms with Gasteiger partial charge in [-0.1, -0.05) is 6.07 Å². The predicted molar refractivity (Wildman–Crippen MR) is 80.9 cm³/mol. The Morgan fingerprint density at radius 2 is 2.00 bits per heavy atom. The van der Waals surface area contributed by atoms with E-state index in [-0.39, 0.29) is 6.04 Å². The summed E-state index contributed by atoms with van der Waals surface area (Å²) in [4.78, 5) is 0. The fraction of sp³-hybridized carbons (Fsp3) is 0.412. The Labute approximate surface area is 125 Å². The molecule has 1 aliphatic heterocycles. The number of nitrogens with one attached hydrogen (secondary N) is 1. The van der Waals surface area contributed by atoms with E-state index in [9.17, 15) is 0 Å². The second kappa shape index (κ2) is 6.68. The van der Waals surface area contributed by atoms with E-state index in [1.807, 2.05) is 25.2 Å². The summed E-state index contributed by atoms with van der Waals surface area (Å²) in [5.41, 5.74) is 1.22. The number of hydrogen-bond acceptors (Lipinski definition) is 4. The van der Waals surface area contributed by atoms with Crippen LogP contribution in [0, 0.1) is 0 Å². The van der Waals surface area contributed by atoms with Crippen LogP contribution in [0.5, 0.6) is 11.5 Å². The second-order valence-corrected chi connectivity index (χ2v) is 5.22.